The maximum absolute atomic E-state index is 12.7. The van der Waals surface area contributed by atoms with E-state index >= 15 is 0 Å². The molecular formula is C34H36O15. The summed E-state index contributed by atoms with van der Waals surface area (Å²) in [4.78, 5) is 37.0. The number of aliphatic hydroxyl groups is 3. The highest BCUT2D eigenvalue weighted by atomic mass is 16.8. The van der Waals surface area contributed by atoms with Gasteiger partial charge in [0.15, 0.2) is 17.8 Å². The molecule has 3 aliphatic rings. The average Bonchev–Trinajstić information content (AvgIpc) is 3.39. The van der Waals surface area contributed by atoms with E-state index < -0.39 is 91.1 Å². The molecule has 10 atom stereocenters. The van der Waals surface area contributed by atoms with E-state index in [9.17, 15) is 50.1 Å². The van der Waals surface area contributed by atoms with E-state index in [4.69, 9.17) is 23.7 Å². The maximum atomic E-state index is 12.7. The predicted molar refractivity (Wildman–Crippen MR) is 166 cm³/mol. The Balaban J connectivity index is 1.23. The Hall–Kier alpha value is -4.93. The average molecular weight is 685 g/mol. The van der Waals surface area contributed by atoms with Crippen LogP contribution in [-0.4, -0.2) is 103 Å². The monoisotopic (exact) mass is 684 g/mol. The van der Waals surface area contributed by atoms with E-state index in [0.29, 0.717) is 11.1 Å². The van der Waals surface area contributed by atoms with E-state index in [0.717, 1.165) is 12.3 Å². The summed E-state index contributed by atoms with van der Waals surface area (Å²) in [5.74, 6) is -5.38. The second kappa shape index (κ2) is 15.1. The number of hydrogen-bond acceptors (Lipinski definition) is 14. The van der Waals surface area contributed by atoms with Crippen molar-refractivity contribution in [3.05, 3.63) is 77.6 Å². The minimum atomic E-state index is -1.79. The van der Waals surface area contributed by atoms with Gasteiger partial charge in [-0.2, -0.15) is 0 Å². The summed E-state index contributed by atoms with van der Waals surface area (Å²) in [5, 5.41) is 70.1. The Morgan fingerprint density at radius 3 is 2.22 bits per heavy atom. The number of esters is 2. The van der Waals surface area contributed by atoms with Crippen LogP contribution in [0.5, 0.6) is 17.2 Å². The lowest BCUT2D eigenvalue weighted by Crippen LogP contribution is -2.60. The summed E-state index contributed by atoms with van der Waals surface area (Å²) >= 11 is 0. The summed E-state index contributed by atoms with van der Waals surface area (Å²) in [6, 6.07) is 10.0. The number of ether oxygens (including phenoxy) is 5. The first-order valence-electron chi connectivity index (χ1n) is 15.3. The number of aromatic hydroxyl groups is 3. The molecule has 15 nitrogen and oxygen atoms in total. The van der Waals surface area contributed by atoms with Crippen molar-refractivity contribution in [3.8, 4) is 17.2 Å². The number of carbonyl (C=O) groups excluding carboxylic acids is 2. The third-order valence-corrected chi connectivity index (χ3v) is 8.74. The van der Waals surface area contributed by atoms with E-state index in [1.54, 1.807) is 19.1 Å². The Morgan fingerprint density at radius 1 is 0.857 bits per heavy atom. The fourth-order valence-corrected chi connectivity index (χ4v) is 6.07. The van der Waals surface area contributed by atoms with Gasteiger partial charge in [0.25, 0.3) is 0 Å². The van der Waals surface area contributed by atoms with Gasteiger partial charge in [0, 0.05) is 29.9 Å². The van der Waals surface area contributed by atoms with Gasteiger partial charge in [-0.3, -0.25) is 0 Å². The molecule has 1 saturated carbocycles. The van der Waals surface area contributed by atoms with Crippen LogP contribution < -0.4 is 0 Å². The molecule has 1 saturated heterocycles. The molecular weight excluding hydrogens is 648 g/mol. The van der Waals surface area contributed by atoms with Crippen LogP contribution in [0.4, 0.5) is 0 Å². The highest BCUT2D eigenvalue weighted by Gasteiger charge is 2.54. The van der Waals surface area contributed by atoms with Crippen LogP contribution in [0.1, 0.15) is 24.5 Å². The summed E-state index contributed by atoms with van der Waals surface area (Å²) in [5.41, 5.74) is 0.942. The summed E-state index contributed by atoms with van der Waals surface area (Å²) < 4.78 is 28.1. The molecule has 0 amide bonds. The van der Waals surface area contributed by atoms with Gasteiger partial charge in [-0.25, -0.2) is 14.4 Å². The van der Waals surface area contributed by atoms with Crippen molar-refractivity contribution >= 4 is 30.1 Å². The Labute approximate surface area is 279 Å². The van der Waals surface area contributed by atoms with Crippen LogP contribution in [0.15, 0.2) is 66.5 Å². The molecule has 1 aliphatic carbocycles. The zero-order valence-corrected chi connectivity index (χ0v) is 26.0. The van der Waals surface area contributed by atoms with Gasteiger partial charge >= 0.3 is 17.9 Å². The fourth-order valence-electron chi connectivity index (χ4n) is 6.07. The molecule has 0 aromatic heterocycles. The van der Waals surface area contributed by atoms with E-state index in [1.165, 1.54) is 48.6 Å². The zero-order chi connectivity index (χ0) is 35.4. The van der Waals surface area contributed by atoms with Crippen LogP contribution in [0.3, 0.4) is 0 Å². The number of fused-ring (bicyclic) bond motifs is 1. The third kappa shape index (κ3) is 8.21. The lowest BCUT2D eigenvalue weighted by molar-refractivity contribution is -0.342. The largest absolute Gasteiger partial charge is 0.508 e. The van der Waals surface area contributed by atoms with E-state index in [-0.39, 0.29) is 23.5 Å². The molecule has 7 N–H and O–H groups in total. The molecule has 0 bridgehead atoms. The molecule has 2 aromatic rings. The lowest BCUT2D eigenvalue weighted by atomic mass is 9.83. The molecule has 0 spiro atoms. The molecule has 2 fully saturated rings. The molecule has 2 aliphatic heterocycles. The van der Waals surface area contributed by atoms with Crippen molar-refractivity contribution in [3.63, 3.8) is 0 Å². The van der Waals surface area contributed by atoms with Crippen LogP contribution in [0.25, 0.3) is 12.2 Å². The van der Waals surface area contributed by atoms with Gasteiger partial charge in [-0.05, 0) is 54.0 Å². The van der Waals surface area contributed by atoms with Crippen LogP contribution in [-0.2, 0) is 38.1 Å². The third-order valence-electron chi connectivity index (χ3n) is 8.74. The molecule has 2 heterocycles. The van der Waals surface area contributed by atoms with Crippen LogP contribution in [0.2, 0.25) is 0 Å². The topological polar surface area (TPSA) is 239 Å². The van der Waals surface area contributed by atoms with E-state index in [1.807, 2.05) is 0 Å². The fraction of sp³-hybridized carbons (Fsp3) is 0.382. The van der Waals surface area contributed by atoms with Gasteiger partial charge in [0.05, 0.1) is 11.8 Å². The number of phenols is 3. The van der Waals surface area contributed by atoms with Gasteiger partial charge in [0.1, 0.15) is 42.9 Å². The molecule has 0 radical (unpaired) electrons. The Bertz CT molecular complexity index is 1620. The second-order valence-corrected chi connectivity index (χ2v) is 11.9. The summed E-state index contributed by atoms with van der Waals surface area (Å²) in [6.45, 7) is 1.16. The quantitative estimate of drug-likeness (QED) is 0.106. The van der Waals surface area contributed by atoms with Crippen molar-refractivity contribution in [1.29, 1.82) is 0 Å². The van der Waals surface area contributed by atoms with Crippen LogP contribution in [0, 0.1) is 17.8 Å². The van der Waals surface area contributed by atoms with Gasteiger partial charge in [-0.1, -0.05) is 25.1 Å². The number of carbonyl (C=O) groups is 3. The van der Waals surface area contributed by atoms with Gasteiger partial charge in [-0.15, -0.1) is 0 Å². The molecule has 49 heavy (non-hydrogen) atoms. The predicted octanol–water partition coefficient (Wildman–Crippen LogP) is 1.41. The number of carboxylic acid groups (broad SMARTS) is 1. The first-order valence-corrected chi connectivity index (χ1v) is 15.3. The molecule has 2 aromatic carbocycles. The minimum Gasteiger partial charge on any atom is -0.508 e. The second-order valence-electron chi connectivity index (χ2n) is 11.9. The minimum absolute atomic E-state index is 0.0675. The highest BCUT2D eigenvalue weighted by Crippen LogP contribution is 2.48. The zero-order valence-electron chi connectivity index (χ0n) is 26.0. The number of phenolic OH excluding ortho intramolecular Hbond substituents is 3. The number of hydrogen-bond donors (Lipinski definition) is 7. The number of carboxylic acids is 1. The van der Waals surface area contributed by atoms with Gasteiger partial charge in [0.2, 0.25) is 6.29 Å². The van der Waals surface area contributed by atoms with Crippen molar-refractivity contribution in [1.82, 2.24) is 0 Å². The molecule has 3 unspecified atom stereocenters. The van der Waals surface area contributed by atoms with Crippen molar-refractivity contribution in [2.45, 2.75) is 56.4 Å². The Morgan fingerprint density at radius 2 is 1.53 bits per heavy atom. The van der Waals surface area contributed by atoms with E-state index in [2.05, 4.69) is 0 Å². The normalized spacial score (nSPS) is 31.1. The Kier molecular flexibility index (Phi) is 10.9. The van der Waals surface area contributed by atoms with Crippen molar-refractivity contribution < 1.29 is 73.8 Å². The number of aliphatic carboxylic acids is 1. The molecule has 5 rings (SSSR count). The number of aliphatic hydroxyl groups excluding tert-OH is 3. The highest BCUT2D eigenvalue weighted by molar-refractivity contribution is 5.88. The van der Waals surface area contributed by atoms with Crippen LogP contribution >= 0.6 is 0 Å². The summed E-state index contributed by atoms with van der Waals surface area (Å²) in [6.07, 6.45) is -4.08. The van der Waals surface area contributed by atoms with Crippen molar-refractivity contribution in [2.24, 2.45) is 17.8 Å². The smallest absolute Gasteiger partial charge is 0.334 e. The van der Waals surface area contributed by atoms with Gasteiger partial charge < -0.3 is 59.4 Å². The van der Waals surface area contributed by atoms with Crippen molar-refractivity contribution in [2.75, 3.05) is 6.61 Å². The number of benzene rings is 2. The first kappa shape index (κ1) is 35.4. The lowest BCUT2D eigenvalue weighted by Gasteiger charge is -2.43. The molecule has 15 heteroatoms. The molecule has 262 valence electrons. The SMILES string of the molecule is CC1C2C(C[C@@H]1OC(=O)/C=C/c1ccc(O)cc1)C(C(=O)O)=CO[C@H]2O[C@@H]1O[C@H](COC(=O)/C=C/c2ccc(O)c(O)c2)[C@@H](O)[C@H](O)[C@H]1O. The summed E-state index contributed by atoms with van der Waals surface area (Å²) in [7, 11) is 0. The standard InChI is InChI=1S/C34H36O15/c1-16-24(47-27(39)11-5-17-2-7-19(35)8-3-17)13-20-21(32(43)44)14-46-33(28(16)20)49-34-31(42)30(41)29(40)25(48-34)15-45-26(38)10-6-18-4-9-22(36)23(37)12-18/h2-12,14,16,20,24-25,28-31,33-37,40-42H,13,15H2,1H3,(H,43,44)/b10-6+,11-5+/t16?,20?,24-,25+,28?,29+,30-,31+,33-,34-/m0/s1. The maximum Gasteiger partial charge on any atom is 0.334 e. The number of rotatable bonds is 10. The first-order chi connectivity index (χ1) is 23.3.